The molecular weight excluding hydrogens is 174 g/mol. The summed E-state index contributed by atoms with van der Waals surface area (Å²) in [5, 5.41) is 0. The lowest BCUT2D eigenvalue weighted by molar-refractivity contribution is -0.121. The summed E-state index contributed by atoms with van der Waals surface area (Å²) in [6.07, 6.45) is 0. The molecule has 4 heteroatoms. The molecule has 0 fully saturated rings. The fraction of sp³-hybridized carbons (Fsp3) is 0.125. The number of para-hydroxylation sites is 1. The first-order chi connectivity index (χ1) is 5.77. The first-order valence-electron chi connectivity index (χ1n) is 3.45. The molecule has 0 aromatic heterocycles. The Labute approximate surface area is 73.9 Å². The Morgan fingerprint density at radius 3 is 2.92 bits per heavy atom. The summed E-state index contributed by atoms with van der Waals surface area (Å²) >= 11 is 1.28. The standard InChI is InChI=1S/C8H6NO2S/c9-7(10)8-11-5-3-1-2-4-6(5)12-8/h1-4,8-9H. The Bertz CT molecular complexity index is 302. The van der Waals surface area contributed by atoms with Crippen LogP contribution in [0, 0.1) is 0 Å². The zero-order valence-corrected chi connectivity index (χ0v) is 6.93. The second-order valence-electron chi connectivity index (χ2n) is 2.38. The van der Waals surface area contributed by atoms with E-state index in [2.05, 4.69) is 0 Å². The third-order valence-corrected chi connectivity index (χ3v) is 2.65. The van der Waals surface area contributed by atoms with Crippen molar-refractivity contribution in [2.75, 3.05) is 0 Å². The molecule has 1 unspecified atom stereocenters. The van der Waals surface area contributed by atoms with E-state index in [0.717, 1.165) is 4.90 Å². The van der Waals surface area contributed by atoms with Crippen molar-refractivity contribution in [2.24, 2.45) is 0 Å². The van der Waals surface area contributed by atoms with Crippen molar-refractivity contribution in [3.05, 3.63) is 24.3 Å². The number of nitrogens with one attached hydrogen (secondary N) is 1. The number of fused-ring (bicyclic) bond motifs is 1. The third-order valence-electron chi connectivity index (χ3n) is 1.53. The fourth-order valence-electron chi connectivity index (χ4n) is 1.01. The van der Waals surface area contributed by atoms with Gasteiger partial charge >= 0.3 is 0 Å². The van der Waals surface area contributed by atoms with Crippen molar-refractivity contribution in [3.63, 3.8) is 0 Å². The zero-order chi connectivity index (χ0) is 8.55. The molecule has 1 atom stereocenters. The molecule has 0 saturated carbocycles. The summed E-state index contributed by atoms with van der Waals surface area (Å²) in [4.78, 5) is 11.6. The summed E-state index contributed by atoms with van der Waals surface area (Å²) in [7, 11) is 0. The lowest BCUT2D eigenvalue weighted by atomic mass is 10.3. The minimum absolute atomic E-state index is 0.664. The largest absolute Gasteiger partial charge is 0.468 e. The van der Waals surface area contributed by atoms with Gasteiger partial charge in [0.25, 0.3) is 5.91 Å². The molecule has 1 heterocycles. The number of carbonyl (C=O) groups excluding carboxylic acids is 1. The van der Waals surface area contributed by atoms with E-state index in [9.17, 15) is 4.79 Å². The average molecular weight is 180 g/mol. The number of benzene rings is 1. The first-order valence-corrected chi connectivity index (χ1v) is 4.33. The van der Waals surface area contributed by atoms with Crippen molar-refractivity contribution in [3.8, 4) is 5.75 Å². The molecule has 0 saturated heterocycles. The summed E-state index contributed by atoms with van der Waals surface area (Å²) in [6, 6.07) is 7.40. The topological polar surface area (TPSA) is 50.1 Å². The average Bonchev–Trinajstić information content (AvgIpc) is 2.46. The van der Waals surface area contributed by atoms with E-state index in [4.69, 9.17) is 10.5 Å². The Balaban J connectivity index is 2.27. The van der Waals surface area contributed by atoms with Crippen molar-refractivity contribution < 1.29 is 9.53 Å². The Hall–Kier alpha value is -1.16. The van der Waals surface area contributed by atoms with Crippen LogP contribution < -0.4 is 10.5 Å². The van der Waals surface area contributed by atoms with Crippen LogP contribution in [0.3, 0.4) is 0 Å². The van der Waals surface area contributed by atoms with Crippen LogP contribution in [-0.2, 0) is 4.79 Å². The third kappa shape index (κ3) is 1.14. The van der Waals surface area contributed by atoms with Gasteiger partial charge in [-0.2, -0.15) is 0 Å². The molecular formula is C8H6NO2S. The molecule has 2 rings (SSSR count). The van der Waals surface area contributed by atoms with Gasteiger partial charge in [0, 0.05) is 0 Å². The molecule has 12 heavy (non-hydrogen) atoms. The van der Waals surface area contributed by atoms with Crippen LogP contribution in [0.5, 0.6) is 5.75 Å². The van der Waals surface area contributed by atoms with Crippen molar-refractivity contribution >= 4 is 17.7 Å². The van der Waals surface area contributed by atoms with Gasteiger partial charge in [-0.3, -0.25) is 10.5 Å². The number of rotatable bonds is 1. The van der Waals surface area contributed by atoms with Gasteiger partial charge in [-0.05, 0) is 12.1 Å². The minimum atomic E-state index is -0.684. The van der Waals surface area contributed by atoms with Crippen LogP contribution in [0.4, 0.5) is 0 Å². The van der Waals surface area contributed by atoms with E-state index in [0.29, 0.717) is 5.75 Å². The maximum absolute atomic E-state index is 10.6. The summed E-state index contributed by atoms with van der Waals surface area (Å²) in [6.45, 7) is 0. The lowest BCUT2D eigenvalue weighted by Gasteiger charge is -2.01. The maximum Gasteiger partial charge on any atom is 0.290 e. The van der Waals surface area contributed by atoms with Crippen LogP contribution in [0.2, 0.25) is 0 Å². The molecule has 0 spiro atoms. The van der Waals surface area contributed by atoms with Gasteiger partial charge in [-0.25, -0.2) is 0 Å². The highest BCUT2D eigenvalue weighted by molar-refractivity contribution is 8.00. The summed E-state index contributed by atoms with van der Waals surface area (Å²) in [5.41, 5.74) is 6.20. The summed E-state index contributed by atoms with van der Waals surface area (Å²) < 4.78 is 5.19. The highest BCUT2D eigenvalue weighted by Gasteiger charge is 2.27. The number of amides is 1. The van der Waals surface area contributed by atoms with E-state index in [1.165, 1.54) is 11.8 Å². The quantitative estimate of drug-likeness (QED) is 0.654. The Morgan fingerprint density at radius 1 is 1.50 bits per heavy atom. The summed E-state index contributed by atoms with van der Waals surface area (Å²) in [5.74, 6) is 0.0179. The molecule has 1 aliphatic heterocycles. The minimum Gasteiger partial charge on any atom is -0.468 e. The number of thioether (sulfide) groups is 1. The molecule has 61 valence electrons. The van der Waals surface area contributed by atoms with Gasteiger partial charge in [0.15, 0.2) is 0 Å². The molecule has 1 radical (unpaired) electrons. The molecule has 1 aromatic rings. The van der Waals surface area contributed by atoms with Crippen molar-refractivity contribution in [1.29, 1.82) is 0 Å². The predicted molar refractivity (Wildman–Crippen MR) is 44.8 cm³/mol. The molecule has 0 aliphatic carbocycles. The molecule has 1 aromatic carbocycles. The van der Waals surface area contributed by atoms with E-state index < -0.39 is 11.3 Å². The first kappa shape index (κ1) is 7.49. The van der Waals surface area contributed by atoms with Gasteiger partial charge in [-0.1, -0.05) is 23.9 Å². The number of ether oxygens (including phenoxy) is 1. The predicted octanol–water partition coefficient (Wildman–Crippen LogP) is 1.31. The van der Waals surface area contributed by atoms with E-state index >= 15 is 0 Å². The maximum atomic E-state index is 10.6. The van der Waals surface area contributed by atoms with Gasteiger partial charge < -0.3 is 4.74 Å². The van der Waals surface area contributed by atoms with Gasteiger partial charge in [0.2, 0.25) is 5.44 Å². The molecule has 3 nitrogen and oxygen atoms in total. The Morgan fingerprint density at radius 2 is 2.25 bits per heavy atom. The second-order valence-corrected chi connectivity index (χ2v) is 3.48. The second kappa shape index (κ2) is 2.71. The molecule has 0 bridgehead atoms. The molecule has 1 N–H and O–H groups in total. The van der Waals surface area contributed by atoms with Crippen molar-refractivity contribution in [2.45, 2.75) is 10.3 Å². The van der Waals surface area contributed by atoms with Gasteiger partial charge in [0.05, 0.1) is 4.90 Å². The van der Waals surface area contributed by atoms with E-state index in [-0.39, 0.29) is 0 Å². The smallest absolute Gasteiger partial charge is 0.290 e. The van der Waals surface area contributed by atoms with Crippen LogP contribution in [-0.4, -0.2) is 11.3 Å². The normalized spacial score (nSPS) is 19.8. The highest BCUT2D eigenvalue weighted by atomic mass is 32.2. The van der Waals surface area contributed by atoms with E-state index in [1.807, 2.05) is 18.2 Å². The monoisotopic (exact) mass is 180 g/mol. The lowest BCUT2D eigenvalue weighted by Crippen LogP contribution is -2.20. The zero-order valence-electron chi connectivity index (χ0n) is 6.11. The number of hydrogen-bond donors (Lipinski definition) is 0. The van der Waals surface area contributed by atoms with E-state index in [1.54, 1.807) is 6.07 Å². The van der Waals surface area contributed by atoms with Crippen LogP contribution in [0.25, 0.3) is 0 Å². The van der Waals surface area contributed by atoms with Crippen LogP contribution in [0.1, 0.15) is 0 Å². The van der Waals surface area contributed by atoms with Crippen molar-refractivity contribution in [1.82, 2.24) is 5.73 Å². The fourth-order valence-corrected chi connectivity index (χ4v) is 1.89. The van der Waals surface area contributed by atoms with Gasteiger partial charge in [0.1, 0.15) is 5.75 Å². The molecule has 1 amide bonds. The number of hydrogen-bond acceptors (Lipinski definition) is 3. The highest BCUT2D eigenvalue weighted by Crippen LogP contribution is 2.40. The van der Waals surface area contributed by atoms with Crippen LogP contribution in [0.15, 0.2) is 29.2 Å². The number of carbonyl (C=O) groups is 1. The SMILES string of the molecule is [NH]C(=O)C1Oc2ccccc2S1. The van der Waals surface area contributed by atoms with Gasteiger partial charge in [-0.15, -0.1) is 0 Å². The van der Waals surface area contributed by atoms with Crippen LogP contribution >= 0.6 is 11.8 Å². The Kier molecular flexibility index (Phi) is 1.69. The molecule has 1 aliphatic rings.